The smallest absolute Gasteiger partial charge is 0.337 e. The van der Waals surface area contributed by atoms with Crippen molar-refractivity contribution in [3.05, 3.63) is 47.5 Å². The van der Waals surface area contributed by atoms with Crippen LogP contribution < -0.4 is 5.32 Å². The summed E-state index contributed by atoms with van der Waals surface area (Å²) >= 11 is 0. The fraction of sp³-hybridized carbons (Fsp3) is 0.649. The summed E-state index contributed by atoms with van der Waals surface area (Å²) in [5.74, 6) is -6.96. The van der Waals surface area contributed by atoms with Crippen LogP contribution in [0, 0.1) is 11.8 Å². The number of benzene rings is 1. The van der Waals surface area contributed by atoms with Crippen molar-refractivity contribution in [1.82, 2.24) is 5.32 Å². The van der Waals surface area contributed by atoms with Crippen molar-refractivity contribution in [2.75, 3.05) is 0 Å². The fourth-order valence-electron chi connectivity index (χ4n) is 5.49. The van der Waals surface area contributed by atoms with Crippen molar-refractivity contribution in [2.45, 2.75) is 142 Å². The molecule has 0 unspecified atom stereocenters. The van der Waals surface area contributed by atoms with Gasteiger partial charge < -0.3 is 25.7 Å². The highest BCUT2D eigenvalue weighted by Crippen LogP contribution is 2.26. The lowest BCUT2D eigenvalue weighted by Crippen LogP contribution is -2.55. The summed E-state index contributed by atoms with van der Waals surface area (Å²) in [7, 11) is 0. The van der Waals surface area contributed by atoms with Gasteiger partial charge in [-0.15, -0.1) is 0 Å². The van der Waals surface area contributed by atoms with Gasteiger partial charge in [-0.3, -0.25) is 14.4 Å². The van der Waals surface area contributed by atoms with Crippen LogP contribution in [-0.2, 0) is 36.8 Å². The maximum atomic E-state index is 13.3. The molecule has 5 N–H and O–H groups in total. The Balaban J connectivity index is 2.82. The van der Waals surface area contributed by atoms with E-state index in [-0.39, 0.29) is 12.2 Å². The molecule has 264 valence electrons. The number of carboxylic acid groups (broad SMARTS) is 3. The second kappa shape index (κ2) is 22.9. The lowest BCUT2D eigenvalue weighted by Gasteiger charge is -2.29. The van der Waals surface area contributed by atoms with Gasteiger partial charge in [0.25, 0.3) is 0 Å². The molecule has 0 radical (unpaired) electrons. The maximum Gasteiger partial charge on any atom is 0.337 e. The van der Waals surface area contributed by atoms with Crippen LogP contribution in [0.1, 0.15) is 128 Å². The standard InChI is InChI=1S/C37H57NO9/c1-4-5-6-9-12-18-30(39)19-13-10-7-8-11-14-20-31(37(47,36(45)46)26-33(40)41)34(42)38-32(35(43)44)25-29-23-21-28(22-24-29)17-15-16-27(2)3/h14,20-24,27,31-32,47H,4-13,15-19,25-26H2,1-3H3,(H,38,42)(H,40,41)(H,43,44)(H,45,46)/b20-14+/t31-,32-,37-/m0/s1. The van der Waals surface area contributed by atoms with Crippen LogP contribution in [0.25, 0.3) is 0 Å². The van der Waals surface area contributed by atoms with Gasteiger partial charge in [-0.05, 0) is 55.6 Å². The number of hydrogen-bond donors (Lipinski definition) is 5. The summed E-state index contributed by atoms with van der Waals surface area (Å²) in [6, 6.07) is 5.95. The summed E-state index contributed by atoms with van der Waals surface area (Å²) in [6.45, 7) is 6.47. The number of carboxylic acids is 3. The second-order valence-electron chi connectivity index (χ2n) is 13.1. The number of rotatable bonds is 27. The zero-order valence-electron chi connectivity index (χ0n) is 28.5. The summed E-state index contributed by atoms with van der Waals surface area (Å²) in [5, 5.41) is 42.2. The Morgan fingerprint density at radius 2 is 1.38 bits per heavy atom. The van der Waals surface area contributed by atoms with Crippen molar-refractivity contribution in [3.63, 3.8) is 0 Å². The van der Waals surface area contributed by atoms with Crippen LogP contribution in [0.4, 0.5) is 0 Å². The Morgan fingerprint density at radius 3 is 1.91 bits per heavy atom. The topological polar surface area (TPSA) is 178 Å². The Labute approximate surface area is 280 Å². The van der Waals surface area contributed by atoms with Crippen molar-refractivity contribution < 1.29 is 44.4 Å². The monoisotopic (exact) mass is 659 g/mol. The zero-order chi connectivity index (χ0) is 35.2. The molecule has 1 aromatic rings. The van der Waals surface area contributed by atoms with E-state index in [4.69, 9.17) is 0 Å². The number of carbonyl (C=O) groups excluding carboxylic acids is 2. The molecule has 1 rings (SSSR count). The van der Waals surface area contributed by atoms with Crippen molar-refractivity contribution in [2.24, 2.45) is 11.8 Å². The first-order valence-electron chi connectivity index (χ1n) is 17.3. The molecule has 3 atom stereocenters. The zero-order valence-corrected chi connectivity index (χ0v) is 28.5. The number of ketones is 1. The molecule has 0 aliphatic carbocycles. The Bertz CT molecular complexity index is 1140. The van der Waals surface area contributed by atoms with Gasteiger partial charge in [-0.2, -0.15) is 0 Å². The molecular formula is C37H57NO9. The normalized spacial score (nSPS) is 14.1. The van der Waals surface area contributed by atoms with E-state index in [0.717, 1.165) is 69.4 Å². The first-order chi connectivity index (χ1) is 22.3. The third-order valence-corrected chi connectivity index (χ3v) is 8.38. The number of nitrogens with one attached hydrogen (secondary N) is 1. The predicted molar refractivity (Wildman–Crippen MR) is 181 cm³/mol. The minimum atomic E-state index is -3.00. The highest BCUT2D eigenvalue weighted by Gasteiger charge is 2.49. The predicted octanol–water partition coefficient (Wildman–Crippen LogP) is 6.51. The maximum absolute atomic E-state index is 13.3. The second-order valence-corrected chi connectivity index (χ2v) is 13.1. The minimum absolute atomic E-state index is 0.0877. The first kappa shape index (κ1) is 41.5. The van der Waals surface area contributed by atoms with Crippen LogP contribution in [0.5, 0.6) is 0 Å². The molecule has 1 aromatic carbocycles. The Hall–Kier alpha value is -3.53. The number of unbranched alkanes of at least 4 members (excludes halogenated alkanes) is 8. The molecule has 1 amide bonds. The molecule has 0 bridgehead atoms. The fourth-order valence-corrected chi connectivity index (χ4v) is 5.49. The van der Waals surface area contributed by atoms with Crippen molar-refractivity contribution in [3.8, 4) is 0 Å². The highest BCUT2D eigenvalue weighted by atomic mass is 16.4. The summed E-state index contributed by atoms with van der Waals surface area (Å²) in [5.41, 5.74) is -1.24. The van der Waals surface area contributed by atoms with Crippen molar-refractivity contribution in [1.29, 1.82) is 0 Å². The number of allylic oxidation sites excluding steroid dienone is 1. The van der Waals surface area contributed by atoms with Gasteiger partial charge in [0.1, 0.15) is 11.8 Å². The SMILES string of the molecule is CCCCCCCC(=O)CCCCCC/C=C/[C@@H](C(=O)N[C@@H](Cc1ccc(CCCC(C)C)cc1)C(=O)O)[C@@](O)(CC(=O)O)C(=O)O. The van der Waals surface area contributed by atoms with Gasteiger partial charge in [-0.25, -0.2) is 9.59 Å². The average molecular weight is 660 g/mol. The van der Waals surface area contributed by atoms with E-state index in [0.29, 0.717) is 37.2 Å². The third-order valence-electron chi connectivity index (χ3n) is 8.38. The van der Waals surface area contributed by atoms with Gasteiger partial charge in [0.05, 0.1) is 12.3 Å². The van der Waals surface area contributed by atoms with E-state index in [1.165, 1.54) is 18.9 Å². The molecular weight excluding hydrogens is 602 g/mol. The number of amides is 1. The average Bonchev–Trinajstić information content (AvgIpc) is 2.99. The van der Waals surface area contributed by atoms with E-state index in [1.54, 1.807) is 12.1 Å². The molecule has 0 spiro atoms. The third kappa shape index (κ3) is 17.3. The molecule has 10 nitrogen and oxygen atoms in total. The molecule has 0 saturated carbocycles. The molecule has 0 saturated heterocycles. The van der Waals surface area contributed by atoms with Gasteiger partial charge in [-0.1, -0.05) is 102 Å². The lowest BCUT2D eigenvalue weighted by molar-refractivity contribution is -0.172. The van der Waals surface area contributed by atoms with Gasteiger partial charge in [0.2, 0.25) is 5.91 Å². The highest BCUT2D eigenvalue weighted by molar-refractivity contribution is 5.94. The van der Waals surface area contributed by atoms with Crippen LogP contribution in [0.15, 0.2) is 36.4 Å². The molecule has 0 heterocycles. The lowest BCUT2D eigenvalue weighted by atomic mass is 9.82. The summed E-state index contributed by atoms with van der Waals surface area (Å²) in [6.07, 6.45) is 14.5. The molecule has 0 aliphatic heterocycles. The van der Waals surface area contributed by atoms with E-state index < -0.39 is 47.8 Å². The quantitative estimate of drug-likeness (QED) is 0.0520. The number of hydrogen-bond acceptors (Lipinski definition) is 6. The largest absolute Gasteiger partial charge is 0.481 e. The van der Waals surface area contributed by atoms with Gasteiger partial charge >= 0.3 is 17.9 Å². The van der Waals surface area contributed by atoms with E-state index in [9.17, 15) is 44.4 Å². The summed E-state index contributed by atoms with van der Waals surface area (Å²) in [4.78, 5) is 61.0. The minimum Gasteiger partial charge on any atom is -0.481 e. The number of Topliss-reactive ketones (excluding diaryl/α,β-unsaturated/α-hetero) is 1. The van der Waals surface area contributed by atoms with Gasteiger partial charge in [0, 0.05) is 19.3 Å². The van der Waals surface area contributed by atoms with E-state index in [1.807, 2.05) is 12.1 Å². The van der Waals surface area contributed by atoms with Crippen LogP contribution in [0.2, 0.25) is 0 Å². The van der Waals surface area contributed by atoms with E-state index in [2.05, 4.69) is 26.1 Å². The molecule has 0 aromatic heterocycles. The molecule has 0 fully saturated rings. The van der Waals surface area contributed by atoms with Gasteiger partial charge in [0.15, 0.2) is 5.60 Å². The van der Waals surface area contributed by atoms with Crippen LogP contribution in [0.3, 0.4) is 0 Å². The Kier molecular flexibility index (Phi) is 20.2. The summed E-state index contributed by atoms with van der Waals surface area (Å²) < 4.78 is 0. The van der Waals surface area contributed by atoms with Crippen LogP contribution in [-0.4, -0.2) is 61.7 Å². The molecule has 10 heteroatoms. The number of carbonyl (C=O) groups is 5. The van der Waals surface area contributed by atoms with E-state index >= 15 is 0 Å². The first-order valence-corrected chi connectivity index (χ1v) is 17.3. The number of aliphatic hydroxyl groups is 1. The number of aryl methyl sites for hydroxylation is 1. The van der Waals surface area contributed by atoms with Crippen LogP contribution >= 0.6 is 0 Å². The molecule has 0 aliphatic rings. The number of aliphatic carboxylic acids is 3. The molecule has 47 heavy (non-hydrogen) atoms. The Morgan fingerprint density at radius 1 is 0.809 bits per heavy atom. The van der Waals surface area contributed by atoms with Crippen molar-refractivity contribution >= 4 is 29.6 Å².